The van der Waals surface area contributed by atoms with Crippen molar-refractivity contribution in [2.24, 2.45) is 5.73 Å². The van der Waals surface area contributed by atoms with Gasteiger partial charge in [0, 0.05) is 12.3 Å². The van der Waals surface area contributed by atoms with E-state index >= 15 is 0 Å². The van der Waals surface area contributed by atoms with Gasteiger partial charge in [0.15, 0.2) is 5.11 Å². The van der Waals surface area contributed by atoms with Crippen molar-refractivity contribution in [3.8, 4) is 0 Å². The fourth-order valence-electron chi connectivity index (χ4n) is 2.31. The molecular weight excluding hydrogens is 308 g/mol. The third-order valence-corrected chi connectivity index (χ3v) is 3.68. The van der Waals surface area contributed by atoms with Gasteiger partial charge < -0.3 is 11.5 Å². The average Bonchev–Trinajstić information content (AvgIpc) is 2.55. The molecule has 1 aromatic rings. The molecular formula is C17H26N4OS. The van der Waals surface area contributed by atoms with Gasteiger partial charge in [-0.3, -0.25) is 10.1 Å². The second kappa shape index (κ2) is 10.7. The van der Waals surface area contributed by atoms with Crippen LogP contribution in [0.15, 0.2) is 18.3 Å². The van der Waals surface area contributed by atoms with E-state index < -0.39 is 0 Å². The summed E-state index contributed by atoms with van der Waals surface area (Å²) < 4.78 is 0. The lowest BCUT2D eigenvalue weighted by atomic mass is 10.0. The fourth-order valence-corrected chi connectivity index (χ4v) is 2.41. The van der Waals surface area contributed by atoms with E-state index in [1.165, 1.54) is 44.6 Å². The van der Waals surface area contributed by atoms with Crippen molar-refractivity contribution in [2.45, 2.75) is 51.9 Å². The van der Waals surface area contributed by atoms with Gasteiger partial charge in [-0.15, -0.1) is 0 Å². The Kier molecular flexibility index (Phi) is 8.90. The van der Waals surface area contributed by atoms with Crippen LogP contribution in [0.4, 0.5) is 5.82 Å². The number of thiocarbonyl (C=S) groups is 1. The summed E-state index contributed by atoms with van der Waals surface area (Å²) >= 11 is 4.54. The SMILES string of the molecule is C1CCCCC1.CCc1cc(/C=C/C(=O)NC(N)=S)cnc1N. The Balaban J connectivity index is 0.000000366. The van der Waals surface area contributed by atoms with E-state index in [9.17, 15) is 4.79 Å². The molecule has 1 aliphatic carbocycles. The molecule has 5 N–H and O–H groups in total. The highest BCUT2D eigenvalue weighted by Crippen LogP contribution is 2.15. The molecule has 1 heterocycles. The molecule has 6 heteroatoms. The monoisotopic (exact) mass is 334 g/mol. The predicted molar refractivity (Wildman–Crippen MR) is 99.7 cm³/mol. The second-order valence-electron chi connectivity index (χ2n) is 5.47. The Labute approximate surface area is 143 Å². The van der Waals surface area contributed by atoms with Gasteiger partial charge in [0.05, 0.1) is 0 Å². The number of aryl methyl sites for hydroxylation is 1. The number of aromatic nitrogens is 1. The van der Waals surface area contributed by atoms with Crippen LogP contribution in [0.1, 0.15) is 56.6 Å². The van der Waals surface area contributed by atoms with Crippen molar-refractivity contribution in [3.63, 3.8) is 0 Å². The summed E-state index contributed by atoms with van der Waals surface area (Å²) in [5.74, 6) is 0.143. The Bertz CT molecular complexity index is 542. The number of nitrogen functional groups attached to an aromatic ring is 1. The minimum absolute atomic E-state index is 0.0515. The molecule has 0 radical (unpaired) electrons. The van der Waals surface area contributed by atoms with Crippen LogP contribution in [-0.2, 0) is 11.2 Å². The molecule has 0 aliphatic heterocycles. The van der Waals surface area contributed by atoms with Crippen LogP contribution >= 0.6 is 12.2 Å². The van der Waals surface area contributed by atoms with Gasteiger partial charge in [-0.1, -0.05) is 45.4 Å². The quantitative estimate of drug-likeness (QED) is 0.583. The molecule has 1 fully saturated rings. The molecule has 1 amide bonds. The molecule has 23 heavy (non-hydrogen) atoms. The van der Waals surface area contributed by atoms with Crippen molar-refractivity contribution in [2.75, 3.05) is 5.73 Å². The van der Waals surface area contributed by atoms with Crippen molar-refractivity contribution in [3.05, 3.63) is 29.5 Å². The van der Waals surface area contributed by atoms with Gasteiger partial charge in [0.25, 0.3) is 0 Å². The zero-order valence-corrected chi connectivity index (χ0v) is 14.5. The van der Waals surface area contributed by atoms with Crippen LogP contribution in [-0.4, -0.2) is 16.0 Å². The molecule has 0 bridgehead atoms. The number of amides is 1. The molecule has 126 valence electrons. The first-order valence-corrected chi connectivity index (χ1v) is 8.46. The van der Waals surface area contributed by atoms with Crippen LogP contribution in [0.2, 0.25) is 0 Å². The summed E-state index contributed by atoms with van der Waals surface area (Å²) in [7, 11) is 0. The van der Waals surface area contributed by atoms with Crippen molar-refractivity contribution < 1.29 is 4.79 Å². The van der Waals surface area contributed by atoms with E-state index in [0.717, 1.165) is 17.5 Å². The number of nitrogens with one attached hydrogen (secondary N) is 1. The zero-order chi connectivity index (χ0) is 17.1. The molecule has 0 saturated heterocycles. The fraction of sp³-hybridized carbons (Fsp3) is 0.471. The molecule has 1 aromatic heterocycles. The first kappa shape index (κ1) is 19.1. The number of nitrogens with two attached hydrogens (primary N) is 2. The van der Waals surface area contributed by atoms with Gasteiger partial charge in [0.2, 0.25) is 5.91 Å². The maximum atomic E-state index is 11.2. The Morgan fingerprint density at radius 3 is 2.35 bits per heavy atom. The molecule has 0 spiro atoms. The molecule has 0 aromatic carbocycles. The average molecular weight is 334 g/mol. The van der Waals surface area contributed by atoms with E-state index in [1.807, 2.05) is 13.0 Å². The van der Waals surface area contributed by atoms with E-state index in [1.54, 1.807) is 12.3 Å². The zero-order valence-electron chi connectivity index (χ0n) is 13.7. The number of hydrogen-bond donors (Lipinski definition) is 3. The largest absolute Gasteiger partial charge is 0.383 e. The van der Waals surface area contributed by atoms with Crippen LogP contribution in [0.5, 0.6) is 0 Å². The highest BCUT2D eigenvalue weighted by molar-refractivity contribution is 7.80. The normalized spacial score (nSPS) is 14.0. The van der Waals surface area contributed by atoms with E-state index in [4.69, 9.17) is 11.5 Å². The Morgan fingerprint density at radius 2 is 1.87 bits per heavy atom. The van der Waals surface area contributed by atoms with Crippen molar-refractivity contribution in [1.29, 1.82) is 0 Å². The molecule has 0 atom stereocenters. The van der Waals surface area contributed by atoms with E-state index in [0.29, 0.717) is 5.82 Å². The lowest BCUT2D eigenvalue weighted by Crippen LogP contribution is -2.33. The topological polar surface area (TPSA) is 94.0 Å². The van der Waals surface area contributed by atoms with Crippen LogP contribution in [0, 0.1) is 0 Å². The number of carbonyl (C=O) groups is 1. The second-order valence-corrected chi connectivity index (χ2v) is 5.91. The summed E-state index contributed by atoms with van der Waals surface area (Å²) in [5.41, 5.74) is 12.6. The third-order valence-electron chi connectivity index (χ3n) is 3.58. The van der Waals surface area contributed by atoms with Crippen molar-refractivity contribution >= 4 is 35.1 Å². The van der Waals surface area contributed by atoms with Gasteiger partial charge in [0.1, 0.15) is 5.82 Å². The van der Waals surface area contributed by atoms with Crippen LogP contribution < -0.4 is 16.8 Å². The molecule has 5 nitrogen and oxygen atoms in total. The molecule has 1 aliphatic rings. The molecule has 1 saturated carbocycles. The smallest absolute Gasteiger partial charge is 0.250 e. The van der Waals surface area contributed by atoms with Gasteiger partial charge in [-0.25, -0.2) is 4.98 Å². The number of carbonyl (C=O) groups excluding carboxylic acids is 1. The summed E-state index contributed by atoms with van der Waals surface area (Å²) in [5, 5.41) is 2.24. The minimum atomic E-state index is -0.368. The number of rotatable bonds is 3. The standard InChI is InChI=1S/C11H14N4OS.C6H12/c1-2-8-5-7(6-14-10(8)12)3-4-9(16)15-11(13)17;1-2-4-6-5-3-1/h3-6H,2H2,1H3,(H2,12,14)(H3,13,15,16,17);1-6H2/b4-3+;. The van der Waals surface area contributed by atoms with Gasteiger partial charge in [-0.05, 0) is 41.9 Å². The lowest BCUT2D eigenvalue weighted by Gasteiger charge is -2.05. The van der Waals surface area contributed by atoms with E-state index in [-0.39, 0.29) is 11.0 Å². The summed E-state index contributed by atoms with van der Waals surface area (Å²) in [6.45, 7) is 1.99. The van der Waals surface area contributed by atoms with E-state index in [2.05, 4.69) is 22.5 Å². The van der Waals surface area contributed by atoms with Crippen LogP contribution in [0.3, 0.4) is 0 Å². The highest BCUT2D eigenvalue weighted by atomic mass is 32.1. The maximum absolute atomic E-state index is 11.2. The predicted octanol–water partition coefficient (Wildman–Crippen LogP) is 2.94. The van der Waals surface area contributed by atoms with Gasteiger partial charge >= 0.3 is 0 Å². The highest BCUT2D eigenvalue weighted by Gasteiger charge is 2.00. The third kappa shape index (κ3) is 8.30. The lowest BCUT2D eigenvalue weighted by molar-refractivity contribution is -0.115. The first-order valence-electron chi connectivity index (χ1n) is 8.05. The Hall–Kier alpha value is -1.95. The number of nitrogens with zero attached hydrogens (tertiary/aromatic N) is 1. The van der Waals surface area contributed by atoms with Gasteiger partial charge in [-0.2, -0.15) is 0 Å². The summed E-state index contributed by atoms with van der Waals surface area (Å²) in [6, 6.07) is 1.88. The molecule has 0 unspecified atom stereocenters. The molecule has 2 rings (SSSR count). The number of hydrogen-bond acceptors (Lipinski definition) is 4. The summed E-state index contributed by atoms with van der Waals surface area (Å²) in [6.07, 6.45) is 14.4. The first-order chi connectivity index (χ1) is 11.0. The number of anilines is 1. The Morgan fingerprint density at radius 1 is 1.30 bits per heavy atom. The minimum Gasteiger partial charge on any atom is -0.383 e. The van der Waals surface area contributed by atoms with Crippen LogP contribution in [0.25, 0.3) is 6.08 Å². The summed E-state index contributed by atoms with van der Waals surface area (Å²) in [4.78, 5) is 15.3. The number of pyridine rings is 1. The maximum Gasteiger partial charge on any atom is 0.250 e. The van der Waals surface area contributed by atoms with Crippen molar-refractivity contribution in [1.82, 2.24) is 10.3 Å².